The van der Waals surface area contributed by atoms with Crippen LogP contribution in [0.1, 0.15) is 44.2 Å². The second-order valence-electron chi connectivity index (χ2n) is 5.10. The molecule has 1 unspecified atom stereocenters. The lowest BCUT2D eigenvalue weighted by Gasteiger charge is -2.15. The van der Waals surface area contributed by atoms with Gasteiger partial charge in [-0.3, -0.25) is 0 Å². The molecule has 106 valence electrons. The number of halogens is 1. The molecule has 1 aliphatic rings. The van der Waals surface area contributed by atoms with Gasteiger partial charge in [0.2, 0.25) is 0 Å². The van der Waals surface area contributed by atoms with E-state index in [0.717, 1.165) is 41.8 Å². The molecule has 3 nitrogen and oxygen atoms in total. The van der Waals surface area contributed by atoms with E-state index in [4.69, 9.17) is 15.2 Å². The molecule has 0 aliphatic carbocycles. The van der Waals surface area contributed by atoms with Crippen molar-refractivity contribution in [3.05, 3.63) is 28.2 Å². The van der Waals surface area contributed by atoms with Crippen molar-refractivity contribution in [1.29, 1.82) is 0 Å². The smallest absolute Gasteiger partial charge is 0.125 e. The summed E-state index contributed by atoms with van der Waals surface area (Å²) in [5.41, 5.74) is 7.01. The van der Waals surface area contributed by atoms with Gasteiger partial charge < -0.3 is 15.2 Å². The van der Waals surface area contributed by atoms with Gasteiger partial charge in [0.1, 0.15) is 5.75 Å². The molecule has 1 heterocycles. The summed E-state index contributed by atoms with van der Waals surface area (Å²) in [4.78, 5) is 0. The predicted octanol–water partition coefficient (Wildman–Crippen LogP) is 3.81. The van der Waals surface area contributed by atoms with Gasteiger partial charge in [-0.25, -0.2) is 0 Å². The predicted molar refractivity (Wildman–Crippen MR) is 80.4 cm³/mol. The minimum atomic E-state index is -0.0127. The van der Waals surface area contributed by atoms with Gasteiger partial charge in [-0.2, -0.15) is 0 Å². The summed E-state index contributed by atoms with van der Waals surface area (Å²) >= 11 is 3.47. The lowest BCUT2D eigenvalue weighted by Crippen LogP contribution is -2.10. The van der Waals surface area contributed by atoms with Gasteiger partial charge in [0.05, 0.1) is 12.7 Å². The maximum atomic E-state index is 5.95. The number of nitrogens with two attached hydrogens (primary N) is 1. The van der Waals surface area contributed by atoms with Crippen LogP contribution in [-0.4, -0.2) is 19.3 Å². The van der Waals surface area contributed by atoms with Crippen LogP contribution in [0.4, 0.5) is 0 Å². The van der Waals surface area contributed by atoms with Crippen LogP contribution in [0.25, 0.3) is 0 Å². The minimum Gasteiger partial charge on any atom is -0.493 e. The fraction of sp³-hybridized carbons (Fsp3) is 0.600. The molecule has 2 atom stereocenters. The first kappa shape index (κ1) is 14.8. The SMILES string of the molecule is C[C@H](N)c1ccc(Br)cc1OCCCC1CCCO1. The first-order valence-corrected chi connectivity index (χ1v) is 7.75. The summed E-state index contributed by atoms with van der Waals surface area (Å²) in [5, 5.41) is 0. The van der Waals surface area contributed by atoms with Crippen molar-refractivity contribution in [2.45, 2.75) is 44.8 Å². The molecule has 1 aliphatic heterocycles. The van der Waals surface area contributed by atoms with Crippen molar-refractivity contribution >= 4 is 15.9 Å². The molecule has 1 aromatic rings. The Balaban J connectivity index is 1.82. The maximum Gasteiger partial charge on any atom is 0.125 e. The monoisotopic (exact) mass is 327 g/mol. The van der Waals surface area contributed by atoms with Crippen molar-refractivity contribution in [3.63, 3.8) is 0 Å². The third kappa shape index (κ3) is 4.48. The molecule has 0 bridgehead atoms. The number of hydrogen-bond acceptors (Lipinski definition) is 3. The molecule has 0 aromatic heterocycles. The van der Waals surface area contributed by atoms with Gasteiger partial charge in [0.15, 0.2) is 0 Å². The van der Waals surface area contributed by atoms with Crippen molar-refractivity contribution in [1.82, 2.24) is 0 Å². The molecule has 4 heteroatoms. The molecule has 1 fully saturated rings. The highest BCUT2D eigenvalue weighted by Crippen LogP contribution is 2.28. The second kappa shape index (κ2) is 7.27. The molecule has 0 spiro atoms. The third-order valence-corrected chi connectivity index (χ3v) is 3.91. The summed E-state index contributed by atoms with van der Waals surface area (Å²) in [6, 6.07) is 5.99. The summed E-state index contributed by atoms with van der Waals surface area (Å²) in [7, 11) is 0. The van der Waals surface area contributed by atoms with Crippen molar-refractivity contribution in [2.75, 3.05) is 13.2 Å². The first-order chi connectivity index (χ1) is 9.16. The number of benzene rings is 1. The zero-order valence-corrected chi connectivity index (χ0v) is 13.0. The molecule has 19 heavy (non-hydrogen) atoms. The number of hydrogen-bond donors (Lipinski definition) is 1. The van der Waals surface area contributed by atoms with E-state index in [1.165, 1.54) is 12.8 Å². The van der Waals surface area contributed by atoms with E-state index in [9.17, 15) is 0 Å². The van der Waals surface area contributed by atoms with E-state index in [1.54, 1.807) is 0 Å². The lowest BCUT2D eigenvalue weighted by molar-refractivity contribution is 0.0980. The Hall–Kier alpha value is -0.580. The van der Waals surface area contributed by atoms with Gasteiger partial charge in [-0.1, -0.05) is 22.0 Å². The standard InChI is InChI=1S/C15H22BrNO2/c1-11(17)14-7-6-12(16)10-15(14)19-9-3-5-13-4-2-8-18-13/h6-7,10-11,13H,2-5,8-9,17H2,1H3/t11-,13?/m0/s1. The van der Waals surface area contributed by atoms with Crippen LogP contribution in [-0.2, 0) is 4.74 Å². The number of ether oxygens (including phenoxy) is 2. The molecule has 0 saturated carbocycles. The van der Waals surface area contributed by atoms with Gasteiger partial charge in [0, 0.05) is 22.7 Å². The van der Waals surface area contributed by atoms with E-state index in [0.29, 0.717) is 6.10 Å². The van der Waals surface area contributed by atoms with E-state index in [-0.39, 0.29) is 6.04 Å². The van der Waals surface area contributed by atoms with E-state index >= 15 is 0 Å². The highest BCUT2D eigenvalue weighted by atomic mass is 79.9. The van der Waals surface area contributed by atoms with Gasteiger partial charge in [0.25, 0.3) is 0 Å². The average Bonchev–Trinajstić information content (AvgIpc) is 2.87. The van der Waals surface area contributed by atoms with Crippen molar-refractivity contribution in [3.8, 4) is 5.75 Å². The molecular weight excluding hydrogens is 306 g/mol. The zero-order chi connectivity index (χ0) is 13.7. The lowest BCUT2D eigenvalue weighted by atomic mass is 10.1. The summed E-state index contributed by atoms with van der Waals surface area (Å²) in [5.74, 6) is 0.886. The van der Waals surface area contributed by atoms with Crippen LogP contribution in [0.2, 0.25) is 0 Å². The summed E-state index contributed by atoms with van der Waals surface area (Å²) in [6.07, 6.45) is 4.95. The molecule has 2 rings (SSSR count). The highest BCUT2D eigenvalue weighted by molar-refractivity contribution is 9.10. The largest absolute Gasteiger partial charge is 0.493 e. The van der Waals surface area contributed by atoms with E-state index < -0.39 is 0 Å². The molecular formula is C15H22BrNO2. The Kier molecular flexibility index (Phi) is 5.67. The Bertz CT molecular complexity index is 403. The topological polar surface area (TPSA) is 44.5 Å². The zero-order valence-electron chi connectivity index (χ0n) is 11.4. The van der Waals surface area contributed by atoms with E-state index in [2.05, 4.69) is 15.9 Å². The van der Waals surface area contributed by atoms with Crippen LogP contribution < -0.4 is 10.5 Å². The van der Waals surface area contributed by atoms with Gasteiger partial charge >= 0.3 is 0 Å². The third-order valence-electron chi connectivity index (χ3n) is 3.42. The first-order valence-electron chi connectivity index (χ1n) is 6.96. The fourth-order valence-electron chi connectivity index (χ4n) is 2.37. The Labute approximate surface area is 123 Å². The Morgan fingerprint density at radius 3 is 3.05 bits per heavy atom. The molecule has 1 aromatic carbocycles. The quantitative estimate of drug-likeness (QED) is 0.808. The van der Waals surface area contributed by atoms with Crippen LogP contribution >= 0.6 is 15.9 Å². The van der Waals surface area contributed by atoms with Gasteiger partial charge in [-0.05, 0) is 44.7 Å². The summed E-state index contributed by atoms with van der Waals surface area (Å²) in [6.45, 7) is 3.62. The Morgan fingerprint density at radius 1 is 1.53 bits per heavy atom. The number of rotatable bonds is 6. The fourth-order valence-corrected chi connectivity index (χ4v) is 2.71. The average molecular weight is 328 g/mol. The normalized spacial score (nSPS) is 20.5. The molecule has 1 saturated heterocycles. The highest BCUT2D eigenvalue weighted by Gasteiger charge is 2.15. The maximum absolute atomic E-state index is 5.95. The van der Waals surface area contributed by atoms with Crippen LogP contribution in [0.15, 0.2) is 22.7 Å². The molecule has 2 N–H and O–H groups in total. The van der Waals surface area contributed by atoms with Crippen LogP contribution in [0, 0.1) is 0 Å². The van der Waals surface area contributed by atoms with Crippen molar-refractivity contribution < 1.29 is 9.47 Å². The second-order valence-corrected chi connectivity index (χ2v) is 6.01. The van der Waals surface area contributed by atoms with Gasteiger partial charge in [-0.15, -0.1) is 0 Å². The molecule has 0 amide bonds. The van der Waals surface area contributed by atoms with Crippen LogP contribution in [0.3, 0.4) is 0 Å². The molecule has 0 radical (unpaired) electrons. The van der Waals surface area contributed by atoms with Crippen molar-refractivity contribution in [2.24, 2.45) is 5.73 Å². The van der Waals surface area contributed by atoms with E-state index in [1.807, 2.05) is 25.1 Å². The van der Waals surface area contributed by atoms with Crippen LogP contribution in [0.5, 0.6) is 5.75 Å². The summed E-state index contributed by atoms with van der Waals surface area (Å²) < 4.78 is 12.5. The Morgan fingerprint density at radius 2 is 2.37 bits per heavy atom. The minimum absolute atomic E-state index is 0.0127.